The molecular weight excluding hydrogens is 351 g/mol. The molecule has 0 radical (unpaired) electrons. The Hall–Kier alpha value is -3.03. The summed E-state index contributed by atoms with van der Waals surface area (Å²) in [5, 5.41) is 9.42. The lowest BCUT2D eigenvalue weighted by Gasteiger charge is -2.25. The lowest BCUT2D eigenvalue weighted by Crippen LogP contribution is -2.39. The number of rotatable bonds is 5. The topological polar surface area (TPSA) is 79.0 Å². The van der Waals surface area contributed by atoms with E-state index in [2.05, 4.69) is 10.3 Å². The van der Waals surface area contributed by atoms with E-state index in [-0.39, 0.29) is 30.6 Å². The summed E-state index contributed by atoms with van der Waals surface area (Å²) in [6.45, 7) is 4.18. The average molecular weight is 372 g/mol. The Kier molecular flexibility index (Phi) is 5.34. The zero-order valence-electron chi connectivity index (χ0n) is 15.5. The van der Waals surface area contributed by atoms with Crippen molar-refractivity contribution in [2.75, 3.05) is 7.05 Å². The van der Waals surface area contributed by atoms with Crippen LogP contribution in [0.3, 0.4) is 0 Å². The largest absolute Gasteiger partial charge is 0.361 e. The van der Waals surface area contributed by atoms with E-state index in [1.807, 2.05) is 6.92 Å². The molecule has 8 heteroatoms. The maximum atomic E-state index is 13.0. The second kappa shape index (κ2) is 7.69. The molecular formula is C19H21FN4O3. The van der Waals surface area contributed by atoms with Crippen molar-refractivity contribution < 1.29 is 18.5 Å². The van der Waals surface area contributed by atoms with Crippen LogP contribution >= 0.6 is 0 Å². The quantitative estimate of drug-likeness (QED) is 0.808. The summed E-state index contributed by atoms with van der Waals surface area (Å²) in [6.07, 6.45) is 0.508. The van der Waals surface area contributed by atoms with E-state index in [1.54, 1.807) is 26.1 Å². The van der Waals surface area contributed by atoms with Crippen molar-refractivity contribution in [2.24, 2.45) is 5.10 Å². The van der Waals surface area contributed by atoms with E-state index in [1.165, 1.54) is 22.0 Å². The molecule has 1 aliphatic heterocycles. The van der Waals surface area contributed by atoms with Crippen LogP contribution in [-0.4, -0.2) is 39.6 Å². The lowest BCUT2D eigenvalue weighted by molar-refractivity contribution is -0.132. The lowest BCUT2D eigenvalue weighted by atomic mass is 10.1. The van der Waals surface area contributed by atoms with Gasteiger partial charge in [0.15, 0.2) is 0 Å². The Morgan fingerprint density at radius 3 is 2.59 bits per heavy atom. The minimum Gasteiger partial charge on any atom is -0.361 e. The zero-order valence-corrected chi connectivity index (χ0v) is 15.5. The molecule has 142 valence electrons. The van der Waals surface area contributed by atoms with Crippen molar-refractivity contribution in [1.82, 2.24) is 15.1 Å². The van der Waals surface area contributed by atoms with Gasteiger partial charge in [0.25, 0.3) is 5.91 Å². The Morgan fingerprint density at radius 2 is 1.96 bits per heavy atom. The van der Waals surface area contributed by atoms with Crippen LogP contribution in [0, 0.1) is 19.7 Å². The molecule has 1 aliphatic rings. The number of hydrazone groups is 1. The second-order valence-electron chi connectivity index (χ2n) is 6.59. The summed E-state index contributed by atoms with van der Waals surface area (Å²) in [7, 11) is 1.68. The van der Waals surface area contributed by atoms with Gasteiger partial charge in [0.1, 0.15) is 17.3 Å². The molecule has 3 rings (SSSR count). The molecule has 0 unspecified atom stereocenters. The van der Waals surface area contributed by atoms with E-state index in [4.69, 9.17) is 4.52 Å². The summed E-state index contributed by atoms with van der Waals surface area (Å²) in [6, 6.07) is 5.85. The van der Waals surface area contributed by atoms with Gasteiger partial charge in [0, 0.05) is 25.5 Å². The summed E-state index contributed by atoms with van der Waals surface area (Å²) in [4.78, 5) is 26.4. The summed E-state index contributed by atoms with van der Waals surface area (Å²) in [5.41, 5.74) is 2.67. The number of carbonyl (C=O) groups excluding carboxylic acids is 2. The third-order valence-corrected chi connectivity index (χ3v) is 4.52. The maximum absolute atomic E-state index is 13.0. The van der Waals surface area contributed by atoms with Gasteiger partial charge in [-0.15, -0.1) is 0 Å². The first-order valence-electron chi connectivity index (χ1n) is 8.64. The zero-order chi connectivity index (χ0) is 19.6. The minimum atomic E-state index is -0.343. The van der Waals surface area contributed by atoms with Crippen LogP contribution in [0.15, 0.2) is 33.9 Å². The van der Waals surface area contributed by atoms with Gasteiger partial charge in [-0.05, 0) is 31.5 Å². The van der Waals surface area contributed by atoms with Gasteiger partial charge >= 0.3 is 0 Å². The number of halogens is 1. The molecule has 7 nitrogen and oxygen atoms in total. The summed E-state index contributed by atoms with van der Waals surface area (Å²) in [5.74, 6) is -0.0780. The van der Waals surface area contributed by atoms with Crippen molar-refractivity contribution in [1.29, 1.82) is 0 Å². The van der Waals surface area contributed by atoms with Crippen molar-refractivity contribution >= 4 is 17.5 Å². The number of benzene rings is 1. The van der Waals surface area contributed by atoms with Crippen LogP contribution in [0.5, 0.6) is 0 Å². The standard InChI is InChI=1S/C19H21FN4O3/c1-12-16(13(2)27-22-12)11-23(3)19(26)17-8-9-18(25)24(21-17)10-14-4-6-15(20)7-5-14/h4-7H,8-11H2,1-3H3. The maximum Gasteiger partial charge on any atom is 0.270 e. The molecule has 0 aliphatic carbocycles. The van der Waals surface area contributed by atoms with Gasteiger partial charge in [-0.25, -0.2) is 9.40 Å². The summed E-state index contributed by atoms with van der Waals surface area (Å²) >= 11 is 0. The van der Waals surface area contributed by atoms with E-state index >= 15 is 0 Å². The summed E-state index contributed by atoms with van der Waals surface area (Å²) < 4.78 is 18.2. The van der Waals surface area contributed by atoms with Crippen LogP contribution in [0.4, 0.5) is 4.39 Å². The molecule has 27 heavy (non-hydrogen) atoms. The number of hydrogen-bond acceptors (Lipinski definition) is 5. The Labute approximate surface area is 156 Å². The number of aryl methyl sites for hydroxylation is 2. The Morgan fingerprint density at radius 1 is 1.26 bits per heavy atom. The monoisotopic (exact) mass is 372 g/mol. The Balaban J connectivity index is 1.73. The molecule has 1 aromatic carbocycles. The Bertz CT molecular complexity index is 869. The molecule has 2 aromatic rings. The fourth-order valence-corrected chi connectivity index (χ4v) is 2.90. The van der Waals surface area contributed by atoms with Crippen LogP contribution in [-0.2, 0) is 22.7 Å². The molecule has 0 saturated heterocycles. The normalized spacial score (nSPS) is 14.3. The number of hydrogen-bond donors (Lipinski definition) is 0. The number of amides is 2. The fraction of sp³-hybridized carbons (Fsp3) is 0.368. The molecule has 0 atom stereocenters. The number of carbonyl (C=O) groups is 2. The van der Waals surface area contributed by atoms with Crippen molar-refractivity contribution in [3.8, 4) is 0 Å². The van der Waals surface area contributed by atoms with Crippen LogP contribution < -0.4 is 0 Å². The van der Waals surface area contributed by atoms with Crippen molar-refractivity contribution in [3.63, 3.8) is 0 Å². The molecule has 0 saturated carbocycles. The van der Waals surface area contributed by atoms with E-state index < -0.39 is 0 Å². The van der Waals surface area contributed by atoms with Crippen LogP contribution in [0.2, 0.25) is 0 Å². The minimum absolute atomic E-state index is 0.163. The van der Waals surface area contributed by atoms with Crippen molar-refractivity contribution in [3.05, 3.63) is 52.7 Å². The number of nitrogens with zero attached hydrogens (tertiary/aromatic N) is 4. The highest BCUT2D eigenvalue weighted by molar-refractivity contribution is 6.39. The van der Waals surface area contributed by atoms with Crippen LogP contribution in [0.25, 0.3) is 0 Å². The van der Waals surface area contributed by atoms with Gasteiger partial charge in [-0.3, -0.25) is 9.59 Å². The van der Waals surface area contributed by atoms with E-state index in [0.717, 1.165) is 16.8 Å². The molecule has 1 aromatic heterocycles. The third-order valence-electron chi connectivity index (χ3n) is 4.52. The average Bonchev–Trinajstić information content (AvgIpc) is 2.96. The highest BCUT2D eigenvalue weighted by Gasteiger charge is 2.27. The van der Waals surface area contributed by atoms with Gasteiger partial charge in [0.2, 0.25) is 5.91 Å². The fourth-order valence-electron chi connectivity index (χ4n) is 2.90. The predicted octanol–water partition coefficient (Wildman–Crippen LogP) is 2.57. The van der Waals surface area contributed by atoms with Gasteiger partial charge < -0.3 is 9.42 Å². The van der Waals surface area contributed by atoms with Gasteiger partial charge in [0.05, 0.1) is 18.8 Å². The highest BCUT2D eigenvalue weighted by atomic mass is 19.1. The molecule has 2 amide bonds. The van der Waals surface area contributed by atoms with Crippen LogP contribution in [0.1, 0.15) is 35.4 Å². The van der Waals surface area contributed by atoms with E-state index in [0.29, 0.717) is 24.4 Å². The van der Waals surface area contributed by atoms with E-state index in [9.17, 15) is 14.0 Å². The third kappa shape index (κ3) is 4.21. The molecule has 0 N–H and O–H groups in total. The first-order valence-corrected chi connectivity index (χ1v) is 8.64. The van der Waals surface area contributed by atoms with Gasteiger partial charge in [-0.2, -0.15) is 5.10 Å². The first-order chi connectivity index (χ1) is 12.8. The molecule has 0 fully saturated rings. The first kappa shape index (κ1) is 18.8. The SMILES string of the molecule is Cc1noc(C)c1CN(C)C(=O)C1=NN(Cc2ccc(F)cc2)C(=O)CC1. The highest BCUT2D eigenvalue weighted by Crippen LogP contribution is 2.18. The smallest absolute Gasteiger partial charge is 0.270 e. The van der Waals surface area contributed by atoms with Gasteiger partial charge in [-0.1, -0.05) is 17.3 Å². The molecule has 2 heterocycles. The molecule has 0 spiro atoms. The molecule has 0 bridgehead atoms. The van der Waals surface area contributed by atoms with Crippen molar-refractivity contribution in [2.45, 2.75) is 39.8 Å². The number of aromatic nitrogens is 1. The second-order valence-corrected chi connectivity index (χ2v) is 6.59. The predicted molar refractivity (Wildman–Crippen MR) is 96.1 cm³/mol.